The molecule has 1 aromatic carbocycles. The third-order valence-electron chi connectivity index (χ3n) is 3.23. The van der Waals surface area contributed by atoms with Gasteiger partial charge in [0.2, 0.25) is 0 Å². The Balaban J connectivity index is 2.39. The van der Waals surface area contributed by atoms with Crippen molar-refractivity contribution in [1.82, 2.24) is 0 Å². The molecule has 2 N–H and O–H groups in total. The van der Waals surface area contributed by atoms with Crippen molar-refractivity contribution in [3.63, 3.8) is 0 Å². The van der Waals surface area contributed by atoms with E-state index >= 15 is 0 Å². The van der Waals surface area contributed by atoms with Crippen molar-refractivity contribution in [2.24, 2.45) is 5.73 Å². The van der Waals surface area contributed by atoms with Crippen LogP contribution in [0.3, 0.4) is 0 Å². The summed E-state index contributed by atoms with van der Waals surface area (Å²) < 4.78 is 18.8. The lowest BCUT2D eigenvalue weighted by molar-refractivity contribution is 0.0930. The van der Waals surface area contributed by atoms with E-state index in [1.54, 1.807) is 6.07 Å². The minimum absolute atomic E-state index is 0.228. The van der Waals surface area contributed by atoms with Crippen LogP contribution in [-0.4, -0.2) is 30.8 Å². The van der Waals surface area contributed by atoms with E-state index in [1.165, 1.54) is 12.1 Å². The summed E-state index contributed by atoms with van der Waals surface area (Å²) >= 11 is 5.01. The molecule has 0 aromatic heterocycles. The quantitative estimate of drug-likeness (QED) is 0.852. The number of hydrogen-bond acceptors (Lipinski definition) is 3. The van der Waals surface area contributed by atoms with E-state index in [4.69, 9.17) is 22.7 Å². The Labute approximate surface area is 112 Å². The van der Waals surface area contributed by atoms with Gasteiger partial charge < -0.3 is 15.4 Å². The number of anilines is 1. The van der Waals surface area contributed by atoms with Gasteiger partial charge in [0.25, 0.3) is 0 Å². The van der Waals surface area contributed by atoms with Gasteiger partial charge in [0.15, 0.2) is 0 Å². The average molecular weight is 268 g/mol. The van der Waals surface area contributed by atoms with Crippen LogP contribution in [0.15, 0.2) is 18.2 Å². The first-order valence-electron chi connectivity index (χ1n) is 6.07. The lowest BCUT2D eigenvalue weighted by Crippen LogP contribution is -2.46. The topological polar surface area (TPSA) is 38.5 Å². The Morgan fingerprint density at radius 3 is 3.06 bits per heavy atom. The zero-order chi connectivity index (χ0) is 13.1. The molecule has 0 amide bonds. The second-order valence-electron chi connectivity index (χ2n) is 4.36. The Kier molecular flexibility index (Phi) is 4.14. The molecule has 1 fully saturated rings. The van der Waals surface area contributed by atoms with Gasteiger partial charge in [-0.05, 0) is 24.6 Å². The zero-order valence-electron chi connectivity index (χ0n) is 10.4. The Hall–Kier alpha value is -1.20. The maximum Gasteiger partial charge on any atom is 0.124 e. The molecule has 0 bridgehead atoms. The van der Waals surface area contributed by atoms with Gasteiger partial charge in [-0.15, -0.1) is 0 Å². The van der Waals surface area contributed by atoms with Crippen molar-refractivity contribution >= 4 is 22.9 Å². The van der Waals surface area contributed by atoms with Gasteiger partial charge in [0.1, 0.15) is 10.8 Å². The minimum Gasteiger partial charge on any atom is -0.389 e. The van der Waals surface area contributed by atoms with Gasteiger partial charge in [-0.25, -0.2) is 4.39 Å². The van der Waals surface area contributed by atoms with Crippen LogP contribution in [0.5, 0.6) is 0 Å². The van der Waals surface area contributed by atoms with Crippen molar-refractivity contribution in [3.8, 4) is 0 Å². The Morgan fingerprint density at radius 2 is 2.39 bits per heavy atom. The van der Waals surface area contributed by atoms with Gasteiger partial charge in [-0.2, -0.15) is 0 Å². The first-order chi connectivity index (χ1) is 8.63. The summed E-state index contributed by atoms with van der Waals surface area (Å²) in [5.41, 5.74) is 7.19. The second kappa shape index (κ2) is 5.63. The minimum atomic E-state index is -0.317. The molecular formula is C13H17FN2OS. The van der Waals surface area contributed by atoms with Crippen molar-refractivity contribution < 1.29 is 9.13 Å². The van der Waals surface area contributed by atoms with E-state index in [0.29, 0.717) is 18.8 Å². The first kappa shape index (κ1) is 13.2. The molecule has 1 saturated heterocycles. The average Bonchev–Trinajstić information content (AvgIpc) is 2.38. The molecule has 1 aliphatic heterocycles. The molecule has 1 unspecified atom stereocenters. The second-order valence-corrected chi connectivity index (χ2v) is 4.80. The summed E-state index contributed by atoms with van der Waals surface area (Å²) in [6, 6.07) is 4.88. The van der Waals surface area contributed by atoms with E-state index in [9.17, 15) is 4.39 Å². The zero-order valence-corrected chi connectivity index (χ0v) is 11.2. The van der Waals surface area contributed by atoms with Crippen molar-refractivity contribution in [1.29, 1.82) is 0 Å². The highest BCUT2D eigenvalue weighted by Crippen LogP contribution is 2.26. The van der Waals surface area contributed by atoms with E-state index in [1.807, 2.05) is 0 Å². The molecule has 2 rings (SSSR count). The number of hydrogen-bond donors (Lipinski definition) is 1. The fraction of sp³-hybridized carbons (Fsp3) is 0.462. The van der Waals surface area contributed by atoms with Crippen LogP contribution >= 0.6 is 12.2 Å². The number of ether oxygens (including phenoxy) is 1. The molecule has 18 heavy (non-hydrogen) atoms. The van der Waals surface area contributed by atoms with Gasteiger partial charge in [-0.1, -0.05) is 19.1 Å². The molecule has 5 heteroatoms. The summed E-state index contributed by atoms with van der Waals surface area (Å²) in [7, 11) is 0. The fourth-order valence-electron chi connectivity index (χ4n) is 2.27. The molecule has 1 atom stereocenters. The number of nitrogens with two attached hydrogens (primary N) is 1. The maximum atomic E-state index is 13.3. The smallest absolute Gasteiger partial charge is 0.124 e. The van der Waals surface area contributed by atoms with Gasteiger partial charge in [0, 0.05) is 17.8 Å². The monoisotopic (exact) mass is 268 g/mol. The lowest BCUT2D eigenvalue weighted by atomic mass is 10.1. The fourth-order valence-corrected chi connectivity index (χ4v) is 2.43. The summed E-state index contributed by atoms with van der Waals surface area (Å²) in [5.74, 6) is -0.317. The number of morpholine rings is 1. The third kappa shape index (κ3) is 2.62. The Morgan fingerprint density at radius 1 is 1.61 bits per heavy atom. The highest BCUT2D eigenvalue weighted by atomic mass is 32.1. The SMILES string of the molecule is CCC1COCCN1c1ccc(F)cc1C(N)=S. The predicted molar refractivity (Wildman–Crippen MR) is 74.5 cm³/mol. The summed E-state index contributed by atoms with van der Waals surface area (Å²) in [5, 5.41) is 0. The molecule has 0 radical (unpaired) electrons. The van der Waals surface area contributed by atoms with Crippen LogP contribution < -0.4 is 10.6 Å². The normalized spacial score (nSPS) is 19.9. The molecule has 3 nitrogen and oxygen atoms in total. The standard InChI is InChI=1S/C13H17FN2OS/c1-2-10-8-17-6-5-16(10)12-4-3-9(14)7-11(12)13(15)18/h3-4,7,10H,2,5-6,8H2,1H3,(H2,15,18). The van der Waals surface area contributed by atoms with Crippen LogP contribution in [-0.2, 0) is 4.74 Å². The molecule has 0 aliphatic carbocycles. The molecular weight excluding hydrogens is 251 g/mol. The highest BCUT2D eigenvalue weighted by Gasteiger charge is 2.24. The lowest BCUT2D eigenvalue weighted by Gasteiger charge is -2.38. The molecule has 1 aromatic rings. The highest BCUT2D eigenvalue weighted by molar-refractivity contribution is 7.80. The van der Waals surface area contributed by atoms with Gasteiger partial charge >= 0.3 is 0 Å². The molecule has 0 spiro atoms. The summed E-state index contributed by atoms with van der Waals surface area (Å²) in [6.07, 6.45) is 0.966. The van der Waals surface area contributed by atoms with Crippen molar-refractivity contribution in [2.75, 3.05) is 24.7 Å². The number of nitrogens with zero attached hydrogens (tertiary/aromatic N) is 1. The third-order valence-corrected chi connectivity index (χ3v) is 3.45. The van der Waals surface area contributed by atoms with Crippen LogP contribution in [0, 0.1) is 5.82 Å². The maximum absolute atomic E-state index is 13.3. The van der Waals surface area contributed by atoms with E-state index in [2.05, 4.69) is 11.8 Å². The number of halogens is 1. The predicted octanol–water partition coefficient (Wildman–Crippen LogP) is 2.08. The first-order valence-corrected chi connectivity index (χ1v) is 6.48. The van der Waals surface area contributed by atoms with E-state index in [-0.39, 0.29) is 16.8 Å². The molecule has 98 valence electrons. The Bertz CT molecular complexity index is 453. The summed E-state index contributed by atoms with van der Waals surface area (Å²) in [4.78, 5) is 2.43. The van der Waals surface area contributed by atoms with Crippen molar-refractivity contribution in [3.05, 3.63) is 29.6 Å². The van der Waals surface area contributed by atoms with Crippen LogP contribution in [0.4, 0.5) is 10.1 Å². The number of benzene rings is 1. The number of rotatable bonds is 3. The molecule has 1 aliphatic rings. The van der Waals surface area contributed by atoms with Crippen molar-refractivity contribution in [2.45, 2.75) is 19.4 Å². The number of thiocarbonyl (C=S) groups is 1. The van der Waals surface area contributed by atoms with Gasteiger partial charge in [0.05, 0.1) is 19.3 Å². The molecule has 1 heterocycles. The van der Waals surface area contributed by atoms with Crippen LogP contribution in [0.2, 0.25) is 0 Å². The van der Waals surface area contributed by atoms with Crippen LogP contribution in [0.1, 0.15) is 18.9 Å². The molecule has 0 saturated carbocycles. The van der Waals surface area contributed by atoms with Gasteiger partial charge in [-0.3, -0.25) is 0 Å². The largest absolute Gasteiger partial charge is 0.389 e. The summed E-state index contributed by atoms with van der Waals surface area (Å²) in [6.45, 7) is 4.24. The van der Waals surface area contributed by atoms with E-state index in [0.717, 1.165) is 18.7 Å². The van der Waals surface area contributed by atoms with E-state index < -0.39 is 0 Å². The van der Waals surface area contributed by atoms with Crippen LogP contribution in [0.25, 0.3) is 0 Å².